The van der Waals surface area contributed by atoms with Crippen molar-refractivity contribution in [3.63, 3.8) is 0 Å². The lowest BCUT2D eigenvalue weighted by Crippen LogP contribution is -1.86. The Labute approximate surface area is 151 Å². The van der Waals surface area contributed by atoms with E-state index in [4.69, 9.17) is 20.8 Å². The number of phenols is 1. The zero-order chi connectivity index (χ0) is 17.1. The molecule has 0 amide bonds. The van der Waals surface area contributed by atoms with Gasteiger partial charge in [-0.15, -0.1) is 10.2 Å². The van der Waals surface area contributed by atoms with Crippen LogP contribution >= 0.6 is 27.5 Å². The van der Waals surface area contributed by atoms with Crippen LogP contribution in [0.25, 0.3) is 22.6 Å². The summed E-state index contributed by atoms with van der Waals surface area (Å²) >= 11 is 9.54. The van der Waals surface area contributed by atoms with E-state index in [2.05, 4.69) is 26.1 Å². The molecule has 3 rings (SSSR count). The van der Waals surface area contributed by atoms with Gasteiger partial charge in [-0.1, -0.05) is 29.8 Å². The van der Waals surface area contributed by atoms with E-state index in [1.54, 1.807) is 18.2 Å². The Morgan fingerprint density at radius 1 is 1.25 bits per heavy atom. The number of ether oxygens (including phenoxy) is 1. The van der Waals surface area contributed by atoms with Crippen molar-refractivity contribution < 1.29 is 14.3 Å². The van der Waals surface area contributed by atoms with Gasteiger partial charge >= 0.3 is 0 Å². The SMILES string of the molecule is COc1cc(/C=C(\Cl)c2nnc(-c3ccccc3)o2)cc(Br)c1O. The van der Waals surface area contributed by atoms with Gasteiger partial charge in [-0.25, -0.2) is 0 Å². The summed E-state index contributed by atoms with van der Waals surface area (Å²) < 4.78 is 11.2. The van der Waals surface area contributed by atoms with Crippen LogP contribution in [0.5, 0.6) is 11.5 Å². The predicted octanol–water partition coefficient (Wildman–Crippen LogP) is 4.95. The average Bonchev–Trinajstić information content (AvgIpc) is 3.09. The van der Waals surface area contributed by atoms with Gasteiger partial charge in [0.1, 0.15) is 5.03 Å². The van der Waals surface area contributed by atoms with Crippen LogP contribution in [0.3, 0.4) is 0 Å². The van der Waals surface area contributed by atoms with E-state index >= 15 is 0 Å². The first-order chi connectivity index (χ1) is 11.6. The Bertz CT molecular complexity index is 894. The molecule has 3 aromatic rings. The molecule has 0 bridgehead atoms. The van der Waals surface area contributed by atoms with Crippen LogP contribution in [0.2, 0.25) is 0 Å². The minimum atomic E-state index is 0.0231. The summed E-state index contributed by atoms with van der Waals surface area (Å²) in [7, 11) is 1.47. The van der Waals surface area contributed by atoms with Gasteiger partial charge in [-0.3, -0.25) is 0 Å². The maximum Gasteiger partial charge on any atom is 0.259 e. The van der Waals surface area contributed by atoms with Crippen molar-refractivity contribution in [2.24, 2.45) is 0 Å². The molecule has 122 valence electrons. The Morgan fingerprint density at radius 3 is 2.71 bits per heavy atom. The number of nitrogens with zero attached hydrogens (tertiary/aromatic N) is 2. The summed E-state index contributed by atoms with van der Waals surface area (Å²) in [6.45, 7) is 0. The number of methoxy groups -OCH3 is 1. The normalized spacial score (nSPS) is 11.5. The number of hydrogen-bond acceptors (Lipinski definition) is 5. The van der Waals surface area contributed by atoms with Gasteiger partial charge in [0.05, 0.1) is 11.6 Å². The number of hydrogen-bond donors (Lipinski definition) is 1. The number of phenolic OH excluding ortho intramolecular Hbond substituents is 1. The standard InChI is InChI=1S/C17H12BrClN2O3/c1-23-14-9-10(7-12(18)15(14)22)8-13(19)17-21-20-16(24-17)11-5-3-2-4-6-11/h2-9,22H,1H3/b13-8-. The van der Waals surface area contributed by atoms with E-state index in [1.165, 1.54) is 7.11 Å². The lowest BCUT2D eigenvalue weighted by molar-refractivity contribution is 0.372. The first-order valence-electron chi connectivity index (χ1n) is 6.91. The monoisotopic (exact) mass is 406 g/mol. The highest BCUT2D eigenvalue weighted by Crippen LogP contribution is 2.36. The van der Waals surface area contributed by atoms with Crippen LogP contribution in [0, 0.1) is 0 Å². The maximum absolute atomic E-state index is 9.84. The fraction of sp³-hybridized carbons (Fsp3) is 0.0588. The fourth-order valence-electron chi connectivity index (χ4n) is 2.06. The van der Waals surface area contributed by atoms with Crippen molar-refractivity contribution in [1.82, 2.24) is 10.2 Å². The maximum atomic E-state index is 9.84. The second-order valence-electron chi connectivity index (χ2n) is 4.82. The van der Waals surface area contributed by atoms with Crippen molar-refractivity contribution in [3.05, 3.63) is 58.4 Å². The minimum Gasteiger partial charge on any atom is -0.503 e. The first-order valence-corrected chi connectivity index (χ1v) is 8.08. The molecule has 0 fully saturated rings. The van der Waals surface area contributed by atoms with Crippen molar-refractivity contribution >= 4 is 38.6 Å². The molecule has 0 spiro atoms. The molecule has 1 aromatic heterocycles. The summed E-state index contributed by atoms with van der Waals surface area (Å²) in [4.78, 5) is 0. The zero-order valence-electron chi connectivity index (χ0n) is 12.5. The quantitative estimate of drug-likeness (QED) is 0.663. The van der Waals surface area contributed by atoms with E-state index in [-0.39, 0.29) is 16.7 Å². The van der Waals surface area contributed by atoms with Gasteiger partial charge < -0.3 is 14.3 Å². The number of benzene rings is 2. The molecule has 0 aliphatic carbocycles. The predicted molar refractivity (Wildman–Crippen MR) is 95.8 cm³/mol. The van der Waals surface area contributed by atoms with E-state index in [9.17, 15) is 5.11 Å². The second-order valence-corrected chi connectivity index (χ2v) is 6.09. The highest BCUT2D eigenvalue weighted by atomic mass is 79.9. The first kappa shape index (κ1) is 16.5. The molecule has 5 nitrogen and oxygen atoms in total. The number of aromatic hydroxyl groups is 1. The summed E-state index contributed by atoms with van der Waals surface area (Å²) in [5, 5.41) is 18.1. The smallest absolute Gasteiger partial charge is 0.259 e. The molecule has 7 heteroatoms. The fourth-order valence-corrected chi connectivity index (χ4v) is 2.72. The van der Waals surface area contributed by atoms with Crippen molar-refractivity contribution in [2.75, 3.05) is 7.11 Å². The van der Waals surface area contributed by atoms with Crippen molar-refractivity contribution in [1.29, 1.82) is 0 Å². The third kappa shape index (κ3) is 3.44. The van der Waals surface area contributed by atoms with Crippen molar-refractivity contribution in [3.8, 4) is 23.0 Å². The van der Waals surface area contributed by atoms with Crippen LogP contribution in [0.1, 0.15) is 11.5 Å². The van der Waals surface area contributed by atoms with Crippen LogP contribution in [0.4, 0.5) is 0 Å². The van der Waals surface area contributed by atoms with Crippen LogP contribution < -0.4 is 4.74 Å². The second kappa shape index (κ2) is 7.07. The van der Waals surface area contributed by atoms with E-state index < -0.39 is 0 Å². The Hall–Kier alpha value is -2.31. The molecule has 2 aromatic carbocycles. The van der Waals surface area contributed by atoms with E-state index in [0.29, 0.717) is 21.7 Å². The Kier molecular flexibility index (Phi) is 4.87. The van der Waals surface area contributed by atoms with E-state index in [1.807, 2.05) is 30.3 Å². The zero-order valence-corrected chi connectivity index (χ0v) is 14.9. The number of rotatable bonds is 4. The number of halogens is 2. The van der Waals surface area contributed by atoms with Gasteiger partial charge in [-0.05, 0) is 51.8 Å². The van der Waals surface area contributed by atoms with Crippen LogP contribution in [-0.2, 0) is 0 Å². The van der Waals surface area contributed by atoms with Gasteiger partial charge in [-0.2, -0.15) is 0 Å². The molecule has 0 aliphatic heterocycles. The lowest BCUT2D eigenvalue weighted by Gasteiger charge is -2.06. The van der Waals surface area contributed by atoms with Gasteiger partial charge in [0, 0.05) is 5.56 Å². The highest BCUT2D eigenvalue weighted by Gasteiger charge is 2.13. The van der Waals surface area contributed by atoms with Gasteiger partial charge in [0.15, 0.2) is 11.5 Å². The molecule has 0 saturated heterocycles. The number of aromatic nitrogens is 2. The molecule has 0 aliphatic rings. The third-order valence-corrected chi connectivity index (χ3v) is 4.09. The molecule has 0 unspecified atom stereocenters. The van der Waals surface area contributed by atoms with Gasteiger partial charge in [0.2, 0.25) is 5.89 Å². The topological polar surface area (TPSA) is 68.4 Å². The van der Waals surface area contributed by atoms with Crippen LogP contribution in [0.15, 0.2) is 51.4 Å². The molecule has 0 saturated carbocycles. The molecular weight excluding hydrogens is 396 g/mol. The summed E-state index contributed by atoms with van der Waals surface area (Å²) in [5.74, 6) is 0.950. The third-order valence-electron chi connectivity index (χ3n) is 3.21. The molecular formula is C17H12BrClN2O3. The summed E-state index contributed by atoms with van der Waals surface area (Å²) in [6, 6.07) is 12.8. The molecule has 1 N–H and O–H groups in total. The van der Waals surface area contributed by atoms with Gasteiger partial charge in [0.25, 0.3) is 5.89 Å². The molecule has 24 heavy (non-hydrogen) atoms. The van der Waals surface area contributed by atoms with E-state index in [0.717, 1.165) is 5.56 Å². The average molecular weight is 408 g/mol. The molecule has 0 radical (unpaired) electrons. The van der Waals surface area contributed by atoms with Crippen LogP contribution in [-0.4, -0.2) is 22.4 Å². The highest BCUT2D eigenvalue weighted by molar-refractivity contribution is 9.10. The minimum absolute atomic E-state index is 0.0231. The van der Waals surface area contributed by atoms with Crippen molar-refractivity contribution in [2.45, 2.75) is 0 Å². The Balaban J connectivity index is 1.92. The molecule has 0 atom stereocenters. The largest absolute Gasteiger partial charge is 0.503 e. The molecule has 1 heterocycles. The lowest BCUT2D eigenvalue weighted by atomic mass is 10.2. The summed E-state index contributed by atoms with van der Waals surface area (Å²) in [6.07, 6.45) is 1.65. The Morgan fingerprint density at radius 2 is 2.00 bits per heavy atom. The summed E-state index contributed by atoms with van der Waals surface area (Å²) in [5.41, 5.74) is 1.52.